The van der Waals surface area contributed by atoms with Crippen LogP contribution in [-0.4, -0.2) is 21.6 Å². The number of anilines is 1. The fourth-order valence-corrected chi connectivity index (χ4v) is 3.12. The fourth-order valence-electron chi connectivity index (χ4n) is 3.12. The topological polar surface area (TPSA) is 55.9 Å². The van der Waals surface area contributed by atoms with Gasteiger partial charge in [0.1, 0.15) is 0 Å². The van der Waals surface area contributed by atoms with E-state index in [1.807, 2.05) is 17.9 Å². The summed E-state index contributed by atoms with van der Waals surface area (Å²) in [7, 11) is 3.57. The van der Waals surface area contributed by atoms with E-state index in [0.717, 1.165) is 43.4 Å². The molecular weight excluding hydrogens is 350 g/mol. The summed E-state index contributed by atoms with van der Waals surface area (Å²) in [4.78, 5) is 13.7. The van der Waals surface area contributed by atoms with Crippen LogP contribution in [0.2, 0.25) is 0 Å². The summed E-state index contributed by atoms with van der Waals surface area (Å²) in [6.07, 6.45) is 15.0. The van der Waals surface area contributed by atoms with Crippen molar-refractivity contribution in [3.63, 3.8) is 0 Å². The number of fused-ring (bicyclic) bond motifs is 1. The highest BCUT2D eigenvalue weighted by molar-refractivity contribution is 5.80. The van der Waals surface area contributed by atoms with Gasteiger partial charge in [-0.2, -0.15) is 4.98 Å². The molecule has 0 amide bonds. The van der Waals surface area contributed by atoms with E-state index < -0.39 is 0 Å². The maximum Gasteiger partial charge on any atom is 0.307 e. The SMILES string of the molecule is CONc1ncnc2c1n(C/C=C(\C)CC/C=C(\C)CCC=C(C)C)c[n+]2C. The highest BCUT2D eigenvalue weighted by Gasteiger charge is 2.18. The number of imidazole rings is 1. The fraction of sp³-hybridized carbons (Fsp3) is 0.500. The first-order valence-electron chi connectivity index (χ1n) is 9.85. The Bertz CT molecular complexity index is 872. The van der Waals surface area contributed by atoms with Crippen molar-refractivity contribution < 1.29 is 9.40 Å². The lowest BCUT2D eigenvalue weighted by Crippen LogP contribution is -2.26. The standard InChI is InChI=1S/C22H34N5O/c1-17(2)9-7-10-18(3)11-8-12-19(4)13-14-27-16-26(5)22-20(27)21(25-28-6)23-15-24-22/h9,11,13,15-16H,7-8,10,12,14H2,1-6H3,(H,23,24,25)/q+1/b18-11+,19-13+. The number of nitrogens with zero attached hydrogens (tertiary/aromatic N) is 4. The molecule has 2 aromatic rings. The summed E-state index contributed by atoms with van der Waals surface area (Å²) in [6.45, 7) is 9.51. The van der Waals surface area contributed by atoms with Gasteiger partial charge in [-0.25, -0.2) is 10.0 Å². The smallest absolute Gasteiger partial charge is 0.278 e. The minimum Gasteiger partial charge on any atom is -0.278 e. The molecule has 0 aliphatic heterocycles. The Morgan fingerprint density at radius 3 is 2.43 bits per heavy atom. The van der Waals surface area contributed by atoms with Crippen LogP contribution in [0.1, 0.15) is 53.4 Å². The first kappa shape index (κ1) is 21.8. The summed E-state index contributed by atoms with van der Waals surface area (Å²) in [5.74, 6) is 0.675. The zero-order valence-corrected chi connectivity index (χ0v) is 18.1. The summed E-state index contributed by atoms with van der Waals surface area (Å²) in [5, 5.41) is 0. The summed E-state index contributed by atoms with van der Waals surface area (Å²) >= 11 is 0. The van der Waals surface area contributed by atoms with Gasteiger partial charge in [0.05, 0.1) is 20.7 Å². The molecule has 2 rings (SSSR count). The highest BCUT2D eigenvalue weighted by atomic mass is 16.6. The van der Waals surface area contributed by atoms with Crippen LogP contribution in [0.25, 0.3) is 11.2 Å². The van der Waals surface area contributed by atoms with Crippen molar-refractivity contribution in [3.05, 3.63) is 47.6 Å². The molecule has 152 valence electrons. The monoisotopic (exact) mass is 384 g/mol. The van der Waals surface area contributed by atoms with Crippen LogP contribution in [0.3, 0.4) is 0 Å². The summed E-state index contributed by atoms with van der Waals surface area (Å²) < 4.78 is 4.14. The lowest BCUT2D eigenvalue weighted by molar-refractivity contribution is -0.647. The van der Waals surface area contributed by atoms with E-state index in [4.69, 9.17) is 4.84 Å². The van der Waals surface area contributed by atoms with Crippen LogP contribution >= 0.6 is 0 Å². The lowest BCUT2D eigenvalue weighted by Gasteiger charge is -2.03. The maximum atomic E-state index is 5.05. The molecule has 2 aromatic heterocycles. The molecule has 28 heavy (non-hydrogen) atoms. The van der Waals surface area contributed by atoms with Crippen molar-refractivity contribution >= 4 is 17.0 Å². The number of hydrogen-bond acceptors (Lipinski definition) is 4. The molecule has 0 aromatic carbocycles. The zero-order valence-electron chi connectivity index (χ0n) is 18.1. The Balaban J connectivity index is 1.98. The molecule has 2 heterocycles. The van der Waals surface area contributed by atoms with Gasteiger partial charge >= 0.3 is 5.65 Å². The molecule has 0 aliphatic rings. The van der Waals surface area contributed by atoms with Gasteiger partial charge in [-0.3, -0.25) is 9.40 Å². The summed E-state index contributed by atoms with van der Waals surface area (Å²) in [5.41, 5.74) is 8.90. The molecule has 0 aliphatic carbocycles. The third kappa shape index (κ3) is 6.30. The Morgan fingerprint density at radius 2 is 1.75 bits per heavy atom. The number of rotatable bonds is 10. The Labute approximate surface area is 168 Å². The number of nitrogens with one attached hydrogen (secondary N) is 1. The Hall–Kier alpha value is -2.47. The molecule has 0 spiro atoms. The normalized spacial score (nSPS) is 12.5. The molecule has 6 heteroatoms. The minimum absolute atomic E-state index is 0.675. The number of aryl methyl sites for hydroxylation is 1. The molecule has 0 saturated carbocycles. The Morgan fingerprint density at radius 1 is 1.07 bits per heavy atom. The molecule has 6 nitrogen and oxygen atoms in total. The maximum absolute atomic E-state index is 5.05. The average molecular weight is 385 g/mol. The largest absolute Gasteiger partial charge is 0.307 e. The van der Waals surface area contributed by atoms with Crippen molar-refractivity contribution in [2.75, 3.05) is 12.6 Å². The lowest BCUT2D eigenvalue weighted by atomic mass is 10.1. The van der Waals surface area contributed by atoms with E-state index in [2.05, 4.69) is 65.9 Å². The predicted octanol–water partition coefficient (Wildman–Crippen LogP) is 4.65. The zero-order chi connectivity index (χ0) is 20.5. The van der Waals surface area contributed by atoms with Crippen LogP contribution in [-0.2, 0) is 18.4 Å². The number of allylic oxidation sites excluding steroid dienone is 6. The van der Waals surface area contributed by atoms with Gasteiger partial charge < -0.3 is 0 Å². The van der Waals surface area contributed by atoms with Crippen LogP contribution in [0.15, 0.2) is 47.6 Å². The molecule has 0 fully saturated rings. The average Bonchev–Trinajstić information content (AvgIpc) is 2.97. The molecule has 0 saturated heterocycles. The van der Waals surface area contributed by atoms with Crippen molar-refractivity contribution in [2.24, 2.45) is 7.05 Å². The van der Waals surface area contributed by atoms with Gasteiger partial charge in [-0.05, 0) is 53.4 Å². The molecule has 1 N–H and O–H groups in total. The van der Waals surface area contributed by atoms with Crippen molar-refractivity contribution in [2.45, 2.75) is 59.9 Å². The van der Waals surface area contributed by atoms with E-state index in [0.29, 0.717) is 5.82 Å². The van der Waals surface area contributed by atoms with E-state index in [1.165, 1.54) is 16.7 Å². The number of hydrogen-bond donors (Lipinski definition) is 1. The molecule has 0 radical (unpaired) electrons. The Kier molecular flexibility index (Phi) is 8.39. The van der Waals surface area contributed by atoms with Crippen molar-refractivity contribution in [1.82, 2.24) is 14.5 Å². The van der Waals surface area contributed by atoms with Gasteiger partial charge in [0, 0.05) is 0 Å². The quantitative estimate of drug-likeness (QED) is 0.368. The van der Waals surface area contributed by atoms with Gasteiger partial charge in [0.15, 0.2) is 18.5 Å². The second-order valence-electron chi connectivity index (χ2n) is 7.54. The second-order valence-corrected chi connectivity index (χ2v) is 7.54. The predicted molar refractivity (Wildman–Crippen MR) is 115 cm³/mol. The molecular formula is C22H34N5O+. The highest BCUT2D eigenvalue weighted by Crippen LogP contribution is 2.18. The molecule has 0 atom stereocenters. The first-order valence-corrected chi connectivity index (χ1v) is 9.85. The van der Waals surface area contributed by atoms with E-state index in [1.54, 1.807) is 13.4 Å². The molecule has 0 unspecified atom stereocenters. The van der Waals surface area contributed by atoms with Crippen LogP contribution in [0.5, 0.6) is 0 Å². The van der Waals surface area contributed by atoms with Crippen LogP contribution in [0, 0.1) is 0 Å². The van der Waals surface area contributed by atoms with Gasteiger partial charge in [-0.15, -0.1) is 0 Å². The second kappa shape index (κ2) is 10.8. The van der Waals surface area contributed by atoms with Gasteiger partial charge in [0.25, 0.3) is 0 Å². The van der Waals surface area contributed by atoms with E-state index in [9.17, 15) is 0 Å². The van der Waals surface area contributed by atoms with E-state index >= 15 is 0 Å². The summed E-state index contributed by atoms with van der Waals surface area (Å²) in [6, 6.07) is 0. The third-order valence-electron chi connectivity index (χ3n) is 4.69. The van der Waals surface area contributed by atoms with Gasteiger partial charge in [0.2, 0.25) is 5.52 Å². The number of aromatic nitrogens is 4. The van der Waals surface area contributed by atoms with Crippen molar-refractivity contribution in [3.8, 4) is 0 Å². The van der Waals surface area contributed by atoms with Crippen LogP contribution < -0.4 is 10.0 Å². The van der Waals surface area contributed by atoms with Gasteiger partial charge in [-0.1, -0.05) is 39.9 Å². The minimum atomic E-state index is 0.675. The van der Waals surface area contributed by atoms with Crippen LogP contribution in [0.4, 0.5) is 5.82 Å². The van der Waals surface area contributed by atoms with E-state index in [-0.39, 0.29) is 0 Å². The molecule has 0 bridgehead atoms. The third-order valence-corrected chi connectivity index (χ3v) is 4.69. The van der Waals surface area contributed by atoms with Crippen molar-refractivity contribution in [1.29, 1.82) is 0 Å². The first-order chi connectivity index (χ1) is 13.4.